The standard InChI is InChI=1S/C25H28N4/c1-5-17-10-9-11-18(6-2)24(17)22-14-19-12-13-29(23(19)16-26-22)25-27-20(7-3)15-21(8-4)28-25/h9-16H,5-8H2,1-4H3. The lowest BCUT2D eigenvalue weighted by atomic mass is 9.94. The van der Waals surface area contributed by atoms with Crippen molar-refractivity contribution < 1.29 is 0 Å². The first-order chi connectivity index (χ1) is 14.2. The summed E-state index contributed by atoms with van der Waals surface area (Å²) in [5.41, 5.74) is 8.21. The third-order valence-corrected chi connectivity index (χ3v) is 5.59. The minimum Gasteiger partial charge on any atom is -0.284 e. The Hall–Kier alpha value is -3.01. The van der Waals surface area contributed by atoms with Crippen molar-refractivity contribution in [2.45, 2.75) is 53.4 Å². The van der Waals surface area contributed by atoms with Crippen LogP contribution >= 0.6 is 0 Å². The largest absolute Gasteiger partial charge is 0.284 e. The Morgan fingerprint density at radius 1 is 0.793 bits per heavy atom. The first kappa shape index (κ1) is 19.3. The van der Waals surface area contributed by atoms with E-state index in [0.717, 1.165) is 59.6 Å². The molecule has 1 aromatic carbocycles. The molecule has 148 valence electrons. The van der Waals surface area contributed by atoms with Crippen LogP contribution in [0.3, 0.4) is 0 Å². The lowest BCUT2D eigenvalue weighted by Crippen LogP contribution is -2.05. The van der Waals surface area contributed by atoms with Gasteiger partial charge < -0.3 is 0 Å². The van der Waals surface area contributed by atoms with Crippen LogP contribution in [0.25, 0.3) is 28.1 Å². The van der Waals surface area contributed by atoms with Crippen molar-refractivity contribution in [1.82, 2.24) is 19.5 Å². The summed E-state index contributed by atoms with van der Waals surface area (Å²) in [4.78, 5) is 14.4. The van der Waals surface area contributed by atoms with Crippen LogP contribution < -0.4 is 0 Å². The lowest BCUT2D eigenvalue weighted by molar-refractivity contribution is 0.868. The number of fused-ring (bicyclic) bond motifs is 1. The van der Waals surface area contributed by atoms with Crippen LogP contribution in [0.15, 0.2) is 48.8 Å². The predicted octanol–water partition coefficient (Wildman–Crippen LogP) is 5.73. The second kappa shape index (κ2) is 8.16. The SMILES string of the molecule is CCc1cc(CC)nc(-n2ccc3cc(-c4c(CC)cccc4CC)ncc32)n1. The van der Waals surface area contributed by atoms with E-state index in [2.05, 4.69) is 74.9 Å². The second-order valence-electron chi connectivity index (χ2n) is 7.33. The van der Waals surface area contributed by atoms with Crippen LogP contribution in [0.5, 0.6) is 0 Å². The maximum absolute atomic E-state index is 4.86. The first-order valence-corrected chi connectivity index (χ1v) is 10.6. The second-order valence-corrected chi connectivity index (χ2v) is 7.33. The fraction of sp³-hybridized carbons (Fsp3) is 0.320. The molecule has 0 amide bonds. The van der Waals surface area contributed by atoms with Crippen molar-refractivity contribution in [1.29, 1.82) is 0 Å². The van der Waals surface area contributed by atoms with Crippen molar-refractivity contribution >= 4 is 10.9 Å². The number of hydrogen-bond acceptors (Lipinski definition) is 3. The molecule has 3 heterocycles. The minimum absolute atomic E-state index is 0.731. The molecule has 0 spiro atoms. The fourth-order valence-electron chi connectivity index (χ4n) is 3.93. The molecule has 0 bridgehead atoms. The number of hydrogen-bond donors (Lipinski definition) is 0. The summed E-state index contributed by atoms with van der Waals surface area (Å²) in [6, 6.07) is 13.0. The molecule has 0 fully saturated rings. The fourth-order valence-corrected chi connectivity index (χ4v) is 3.93. The van der Waals surface area contributed by atoms with Crippen LogP contribution in [-0.2, 0) is 25.7 Å². The summed E-state index contributed by atoms with van der Waals surface area (Å²) in [5, 5.41) is 1.16. The Morgan fingerprint density at radius 2 is 1.45 bits per heavy atom. The van der Waals surface area contributed by atoms with Gasteiger partial charge in [-0.05, 0) is 55.0 Å². The predicted molar refractivity (Wildman–Crippen MR) is 120 cm³/mol. The summed E-state index contributed by atoms with van der Waals surface area (Å²) in [5.74, 6) is 0.731. The van der Waals surface area contributed by atoms with Crippen LogP contribution in [-0.4, -0.2) is 19.5 Å². The minimum atomic E-state index is 0.731. The quantitative estimate of drug-likeness (QED) is 0.426. The van der Waals surface area contributed by atoms with E-state index in [-0.39, 0.29) is 0 Å². The average molecular weight is 385 g/mol. The smallest absolute Gasteiger partial charge is 0.234 e. The maximum Gasteiger partial charge on any atom is 0.234 e. The van der Waals surface area contributed by atoms with Gasteiger partial charge in [-0.15, -0.1) is 0 Å². The van der Waals surface area contributed by atoms with Crippen LogP contribution in [0.4, 0.5) is 0 Å². The van der Waals surface area contributed by atoms with Gasteiger partial charge in [0, 0.05) is 28.5 Å². The van der Waals surface area contributed by atoms with Gasteiger partial charge in [0.05, 0.1) is 17.4 Å². The highest BCUT2D eigenvalue weighted by atomic mass is 15.1. The van der Waals surface area contributed by atoms with Crippen LogP contribution in [0.1, 0.15) is 50.2 Å². The van der Waals surface area contributed by atoms with Crippen molar-refractivity contribution in [2.75, 3.05) is 0 Å². The maximum atomic E-state index is 4.86. The van der Waals surface area contributed by atoms with E-state index in [1.165, 1.54) is 16.7 Å². The third-order valence-electron chi connectivity index (χ3n) is 5.59. The monoisotopic (exact) mass is 384 g/mol. The molecule has 0 atom stereocenters. The first-order valence-electron chi connectivity index (χ1n) is 10.6. The highest BCUT2D eigenvalue weighted by Gasteiger charge is 2.13. The summed E-state index contributed by atoms with van der Waals surface area (Å²) in [6.07, 6.45) is 7.82. The molecule has 0 saturated heterocycles. The average Bonchev–Trinajstić information content (AvgIpc) is 3.21. The van der Waals surface area contributed by atoms with Crippen molar-refractivity contribution in [2.24, 2.45) is 0 Å². The van der Waals surface area contributed by atoms with E-state index in [0.29, 0.717) is 0 Å². The Labute approximate surface area is 172 Å². The van der Waals surface area contributed by atoms with E-state index >= 15 is 0 Å². The number of benzene rings is 1. The molecule has 0 aliphatic heterocycles. The van der Waals surface area contributed by atoms with E-state index in [1.807, 2.05) is 6.20 Å². The van der Waals surface area contributed by atoms with Gasteiger partial charge in [-0.25, -0.2) is 9.97 Å². The summed E-state index contributed by atoms with van der Waals surface area (Å²) >= 11 is 0. The molecule has 4 rings (SSSR count). The number of nitrogens with zero attached hydrogens (tertiary/aromatic N) is 4. The Morgan fingerprint density at radius 3 is 2.03 bits per heavy atom. The van der Waals surface area contributed by atoms with Gasteiger partial charge in [-0.3, -0.25) is 9.55 Å². The molecule has 3 aromatic heterocycles. The topological polar surface area (TPSA) is 43.6 Å². The number of aryl methyl sites for hydroxylation is 4. The zero-order valence-electron chi connectivity index (χ0n) is 17.7. The Balaban J connectivity index is 1.85. The molecule has 4 nitrogen and oxygen atoms in total. The van der Waals surface area contributed by atoms with E-state index in [1.54, 1.807) is 0 Å². The van der Waals surface area contributed by atoms with E-state index < -0.39 is 0 Å². The molecule has 4 aromatic rings. The zero-order valence-corrected chi connectivity index (χ0v) is 17.7. The van der Waals surface area contributed by atoms with Gasteiger partial charge in [0.25, 0.3) is 0 Å². The van der Waals surface area contributed by atoms with Crippen LogP contribution in [0.2, 0.25) is 0 Å². The Kier molecular flexibility index (Phi) is 5.43. The Bertz CT molecular complexity index is 1110. The molecule has 4 heteroatoms. The molecule has 0 aliphatic rings. The highest BCUT2D eigenvalue weighted by molar-refractivity contribution is 5.85. The number of aromatic nitrogens is 4. The number of rotatable bonds is 6. The molecular formula is C25H28N4. The lowest BCUT2D eigenvalue weighted by Gasteiger charge is -2.13. The van der Waals surface area contributed by atoms with Gasteiger partial charge in [0.1, 0.15) is 0 Å². The normalized spacial score (nSPS) is 11.3. The molecular weight excluding hydrogens is 356 g/mol. The molecule has 0 aliphatic carbocycles. The molecule has 29 heavy (non-hydrogen) atoms. The third kappa shape index (κ3) is 3.55. The van der Waals surface area contributed by atoms with Gasteiger partial charge in [0.2, 0.25) is 5.95 Å². The van der Waals surface area contributed by atoms with E-state index in [9.17, 15) is 0 Å². The van der Waals surface area contributed by atoms with Crippen molar-refractivity contribution in [3.8, 4) is 17.2 Å². The van der Waals surface area contributed by atoms with Gasteiger partial charge >= 0.3 is 0 Å². The van der Waals surface area contributed by atoms with Gasteiger partial charge in [-0.2, -0.15) is 0 Å². The van der Waals surface area contributed by atoms with E-state index in [4.69, 9.17) is 15.0 Å². The highest BCUT2D eigenvalue weighted by Crippen LogP contribution is 2.30. The van der Waals surface area contributed by atoms with Crippen molar-refractivity contribution in [3.63, 3.8) is 0 Å². The molecule has 0 N–H and O–H groups in total. The van der Waals surface area contributed by atoms with Gasteiger partial charge in [0.15, 0.2) is 0 Å². The summed E-state index contributed by atoms with van der Waals surface area (Å²) in [7, 11) is 0. The summed E-state index contributed by atoms with van der Waals surface area (Å²) < 4.78 is 2.05. The van der Waals surface area contributed by atoms with Crippen LogP contribution in [0, 0.1) is 0 Å². The van der Waals surface area contributed by atoms with Gasteiger partial charge in [-0.1, -0.05) is 45.9 Å². The molecule has 0 saturated carbocycles. The number of pyridine rings is 1. The zero-order chi connectivity index (χ0) is 20.4. The van der Waals surface area contributed by atoms with Crippen molar-refractivity contribution in [3.05, 3.63) is 71.3 Å². The molecule has 0 unspecified atom stereocenters. The summed E-state index contributed by atoms with van der Waals surface area (Å²) in [6.45, 7) is 8.67. The molecule has 0 radical (unpaired) electrons.